The van der Waals surface area contributed by atoms with Gasteiger partial charge in [-0.15, -0.1) is 35.3 Å². The number of piperidine rings is 1. The molecule has 1 aliphatic rings. The molecule has 0 saturated carbocycles. The number of benzene rings is 1. The standard InChI is InChI=1S/C24H36N4O2S.HI/c1-4-25-23(27-18-24(2,29)22-6-5-15-31-22)26-16-19-11-13-28(14-12-19)17-20-7-9-21(30-3)10-8-20;/h5-10,15,19,29H,4,11-14,16-18H2,1-3H3,(H2,25,26,27);1H. The van der Waals surface area contributed by atoms with Crippen LogP contribution in [0.3, 0.4) is 0 Å². The Hall–Kier alpha value is -1.36. The summed E-state index contributed by atoms with van der Waals surface area (Å²) in [6, 6.07) is 12.3. The number of hydrogen-bond acceptors (Lipinski definition) is 5. The van der Waals surface area contributed by atoms with Crippen molar-refractivity contribution >= 4 is 41.3 Å². The van der Waals surface area contributed by atoms with Crippen molar-refractivity contribution < 1.29 is 9.84 Å². The average molecular weight is 573 g/mol. The Labute approximate surface area is 213 Å². The van der Waals surface area contributed by atoms with Gasteiger partial charge in [0.05, 0.1) is 13.7 Å². The third-order valence-corrected chi connectivity index (χ3v) is 6.89. The maximum atomic E-state index is 10.7. The molecule has 2 heterocycles. The van der Waals surface area contributed by atoms with Gasteiger partial charge in [-0.1, -0.05) is 18.2 Å². The highest BCUT2D eigenvalue weighted by Gasteiger charge is 2.24. The van der Waals surface area contributed by atoms with E-state index in [2.05, 4.69) is 39.6 Å². The normalized spacial score (nSPS) is 17.3. The minimum Gasteiger partial charge on any atom is -0.497 e. The van der Waals surface area contributed by atoms with E-state index < -0.39 is 5.60 Å². The van der Waals surface area contributed by atoms with E-state index in [-0.39, 0.29) is 24.0 Å². The number of hydrogen-bond donors (Lipinski definition) is 3. The van der Waals surface area contributed by atoms with Crippen LogP contribution in [0.5, 0.6) is 5.75 Å². The largest absolute Gasteiger partial charge is 0.497 e. The zero-order valence-electron chi connectivity index (χ0n) is 19.3. The molecule has 0 aliphatic carbocycles. The zero-order valence-corrected chi connectivity index (χ0v) is 22.5. The number of aliphatic hydroxyl groups is 1. The molecule has 0 bridgehead atoms. The number of ether oxygens (including phenoxy) is 1. The highest BCUT2D eigenvalue weighted by Crippen LogP contribution is 2.25. The van der Waals surface area contributed by atoms with Crippen LogP contribution in [0, 0.1) is 5.92 Å². The van der Waals surface area contributed by atoms with E-state index in [4.69, 9.17) is 4.74 Å². The summed E-state index contributed by atoms with van der Waals surface area (Å²) in [6.45, 7) is 9.14. The molecule has 3 rings (SSSR count). The van der Waals surface area contributed by atoms with Gasteiger partial charge in [-0.25, -0.2) is 4.99 Å². The quantitative estimate of drug-likeness (QED) is 0.241. The molecule has 1 fully saturated rings. The van der Waals surface area contributed by atoms with Gasteiger partial charge in [0.25, 0.3) is 0 Å². The molecule has 1 aliphatic heterocycles. The molecule has 8 heteroatoms. The van der Waals surface area contributed by atoms with Crippen molar-refractivity contribution in [2.75, 3.05) is 39.8 Å². The molecular formula is C24H37IN4O2S. The molecular weight excluding hydrogens is 535 g/mol. The first-order valence-electron chi connectivity index (χ1n) is 11.1. The molecule has 0 spiro atoms. The van der Waals surface area contributed by atoms with E-state index in [1.165, 1.54) is 18.4 Å². The van der Waals surface area contributed by atoms with E-state index >= 15 is 0 Å². The average Bonchev–Trinajstić information content (AvgIpc) is 3.33. The lowest BCUT2D eigenvalue weighted by Crippen LogP contribution is -2.43. The van der Waals surface area contributed by atoms with Crippen LogP contribution in [-0.4, -0.2) is 55.8 Å². The lowest BCUT2D eigenvalue weighted by atomic mass is 9.96. The van der Waals surface area contributed by atoms with Crippen molar-refractivity contribution in [3.05, 3.63) is 52.2 Å². The van der Waals surface area contributed by atoms with Crippen LogP contribution in [0.2, 0.25) is 0 Å². The highest BCUT2D eigenvalue weighted by molar-refractivity contribution is 14.0. The second-order valence-corrected chi connectivity index (χ2v) is 9.34. The molecule has 1 atom stereocenters. The second kappa shape index (κ2) is 13.4. The summed E-state index contributed by atoms with van der Waals surface area (Å²) in [5.74, 6) is 2.32. The Kier molecular flexibility index (Phi) is 11.2. The molecule has 32 heavy (non-hydrogen) atoms. The molecule has 3 N–H and O–H groups in total. The van der Waals surface area contributed by atoms with Crippen LogP contribution in [0.25, 0.3) is 0 Å². The first-order chi connectivity index (χ1) is 15.0. The second-order valence-electron chi connectivity index (χ2n) is 8.39. The van der Waals surface area contributed by atoms with Crippen molar-refractivity contribution in [1.29, 1.82) is 0 Å². The molecule has 1 unspecified atom stereocenters. The molecule has 178 valence electrons. The molecule has 1 aromatic heterocycles. The van der Waals surface area contributed by atoms with Crippen LogP contribution in [0.15, 0.2) is 46.8 Å². The number of nitrogens with zero attached hydrogens (tertiary/aromatic N) is 2. The van der Waals surface area contributed by atoms with Gasteiger partial charge < -0.3 is 20.5 Å². The third kappa shape index (κ3) is 8.20. The Balaban J connectivity index is 0.00000363. The fraction of sp³-hybridized carbons (Fsp3) is 0.542. The number of likely N-dealkylation sites (tertiary alicyclic amines) is 1. The number of halogens is 1. The number of rotatable bonds is 9. The van der Waals surface area contributed by atoms with Crippen molar-refractivity contribution in [3.63, 3.8) is 0 Å². The van der Waals surface area contributed by atoms with E-state index in [0.29, 0.717) is 12.5 Å². The predicted octanol–water partition coefficient (Wildman–Crippen LogP) is 4.05. The van der Waals surface area contributed by atoms with Crippen molar-refractivity contribution in [2.45, 2.75) is 38.8 Å². The number of methoxy groups -OCH3 is 1. The molecule has 0 amide bonds. The fourth-order valence-electron chi connectivity index (χ4n) is 3.82. The van der Waals surface area contributed by atoms with Gasteiger partial charge in [-0.3, -0.25) is 4.90 Å². The van der Waals surface area contributed by atoms with E-state index in [1.54, 1.807) is 18.4 Å². The summed E-state index contributed by atoms with van der Waals surface area (Å²) >= 11 is 1.56. The van der Waals surface area contributed by atoms with Crippen LogP contribution >= 0.6 is 35.3 Å². The van der Waals surface area contributed by atoms with Crippen molar-refractivity contribution in [2.24, 2.45) is 10.9 Å². The van der Waals surface area contributed by atoms with Crippen LogP contribution < -0.4 is 15.4 Å². The van der Waals surface area contributed by atoms with E-state index in [9.17, 15) is 5.11 Å². The minimum atomic E-state index is -0.941. The molecule has 0 radical (unpaired) electrons. The predicted molar refractivity (Wildman–Crippen MR) is 144 cm³/mol. The molecule has 2 aromatic rings. The van der Waals surface area contributed by atoms with Crippen LogP contribution in [-0.2, 0) is 12.1 Å². The Morgan fingerprint density at radius 1 is 1.22 bits per heavy atom. The SMILES string of the molecule is CCNC(=NCC(C)(O)c1cccs1)NCC1CCN(Cc2ccc(OC)cc2)CC1.I. The summed E-state index contributed by atoms with van der Waals surface area (Å²) in [4.78, 5) is 8.11. The van der Waals surface area contributed by atoms with Gasteiger partial charge in [0.2, 0.25) is 0 Å². The monoisotopic (exact) mass is 572 g/mol. The van der Waals surface area contributed by atoms with Crippen LogP contribution in [0.4, 0.5) is 0 Å². The smallest absolute Gasteiger partial charge is 0.191 e. The van der Waals surface area contributed by atoms with Gasteiger partial charge in [-0.05, 0) is 74.8 Å². The summed E-state index contributed by atoms with van der Waals surface area (Å²) < 4.78 is 5.24. The van der Waals surface area contributed by atoms with Gasteiger partial charge in [0.15, 0.2) is 5.96 Å². The number of thiophene rings is 1. The Morgan fingerprint density at radius 2 is 1.94 bits per heavy atom. The first-order valence-corrected chi connectivity index (χ1v) is 12.0. The van der Waals surface area contributed by atoms with Gasteiger partial charge in [0, 0.05) is 24.5 Å². The molecule has 1 aromatic carbocycles. The summed E-state index contributed by atoms with van der Waals surface area (Å²) in [5.41, 5.74) is 0.389. The Bertz CT molecular complexity index is 804. The van der Waals surface area contributed by atoms with Crippen LogP contribution in [0.1, 0.15) is 37.1 Å². The first kappa shape index (κ1) is 26.9. The lowest BCUT2D eigenvalue weighted by Gasteiger charge is -2.32. The van der Waals surface area contributed by atoms with Gasteiger partial charge >= 0.3 is 0 Å². The summed E-state index contributed by atoms with van der Waals surface area (Å²) in [7, 11) is 1.70. The summed E-state index contributed by atoms with van der Waals surface area (Å²) in [6.07, 6.45) is 2.35. The number of guanidine groups is 1. The maximum Gasteiger partial charge on any atom is 0.191 e. The fourth-order valence-corrected chi connectivity index (χ4v) is 4.60. The zero-order chi connectivity index (χ0) is 22.1. The Morgan fingerprint density at radius 3 is 2.53 bits per heavy atom. The van der Waals surface area contributed by atoms with Gasteiger partial charge in [-0.2, -0.15) is 0 Å². The minimum absolute atomic E-state index is 0. The molecule has 1 saturated heterocycles. The highest BCUT2D eigenvalue weighted by atomic mass is 127. The topological polar surface area (TPSA) is 69.1 Å². The van der Waals surface area contributed by atoms with Crippen molar-refractivity contribution in [3.8, 4) is 5.75 Å². The molecule has 6 nitrogen and oxygen atoms in total. The van der Waals surface area contributed by atoms with Crippen molar-refractivity contribution in [1.82, 2.24) is 15.5 Å². The van der Waals surface area contributed by atoms with Gasteiger partial charge in [0.1, 0.15) is 11.4 Å². The maximum absolute atomic E-state index is 10.7. The third-order valence-electron chi connectivity index (χ3n) is 5.77. The van der Waals surface area contributed by atoms with E-state index in [1.807, 2.05) is 36.6 Å². The number of nitrogens with one attached hydrogen (secondary N) is 2. The van der Waals surface area contributed by atoms with E-state index in [0.717, 1.165) is 49.3 Å². The summed E-state index contributed by atoms with van der Waals surface area (Å²) in [5, 5.41) is 19.5. The number of aliphatic imine (C=N–C) groups is 1. The lowest BCUT2D eigenvalue weighted by molar-refractivity contribution is 0.0711.